The Kier molecular flexibility index (Phi) is 8.27. The van der Waals surface area contributed by atoms with Crippen molar-refractivity contribution in [2.75, 3.05) is 27.2 Å². The first-order valence-electron chi connectivity index (χ1n) is 6.77. The lowest BCUT2D eigenvalue weighted by atomic mass is 10.3. The molecule has 0 aliphatic carbocycles. The average Bonchev–Trinajstić information content (AvgIpc) is 2.53. The number of halogens is 1. The van der Waals surface area contributed by atoms with E-state index in [2.05, 4.69) is 0 Å². The van der Waals surface area contributed by atoms with Crippen molar-refractivity contribution >= 4 is 34.0 Å². The fraction of sp³-hybridized carbons (Fsp3) is 0.462. The van der Waals surface area contributed by atoms with Crippen LogP contribution in [0, 0.1) is 10.1 Å². The minimum absolute atomic E-state index is 0. The summed E-state index contributed by atoms with van der Waals surface area (Å²) in [4.78, 5) is 23.3. The molecule has 0 aromatic heterocycles. The predicted octanol–water partition coefficient (Wildman–Crippen LogP) is 0.443. The van der Waals surface area contributed by atoms with Crippen LogP contribution in [0.15, 0.2) is 29.2 Å². The van der Waals surface area contributed by atoms with Gasteiger partial charge in [0.15, 0.2) is 0 Å². The first-order valence-corrected chi connectivity index (χ1v) is 8.21. The van der Waals surface area contributed by atoms with Crippen molar-refractivity contribution in [1.29, 1.82) is 0 Å². The standard InChI is InChI=1S/C13H20N4O5S.ClH/c1-10(8-14)16(3)13(18)9-15(2)23(21,22)12-6-4-5-11(7-12)17(19)20;/h4-7,10H,8-9,14H2,1-3H3;1H. The third-order valence-electron chi connectivity index (χ3n) is 3.49. The van der Waals surface area contributed by atoms with E-state index in [-0.39, 0.29) is 42.1 Å². The maximum Gasteiger partial charge on any atom is 0.270 e. The van der Waals surface area contributed by atoms with Gasteiger partial charge in [0.25, 0.3) is 5.69 Å². The van der Waals surface area contributed by atoms with Crippen LogP contribution in [0.1, 0.15) is 6.92 Å². The number of amides is 1. The van der Waals surface area contributed by atoms with Gasteiger partial charge in [0.1, 0.15) is 0 Å². The molecule has 1 aromatic rings. The van der Waals surface area contributed by atoms with E-state index in [1.165, 1.54) is 37.2 Å². The monoisotopic (exact) mass is 380 g/mol. The molecule has 2 N–H and O–H groups in total. The summed E-state index contributed by atoms with van der Waals surface area (Å²) in [7, 11) is -1.23. The highest BCUT2D eigenvalue weighted by Crippen LogP contribution is 2.20. The fourth-order valence-corrected chi connectivity index (χ4v) is 2.89. The van der Waals surface area contributed by atoms with Gasteiger partial charge in [-0.1, -0.05) is 6.07 Å². The summed E-state index contributed by atoms with van der Waals surface area (Å²) in [6, 6.07) is 4.46. The van der Waals surface area contributed by atoms with E-state index < -0.39 is 20.9 Å². The molecule has 0 saturated carbocycles. The van der Waals surface area contributed by atoms with Crippen molar-refractivity contribution < 1.29 is 18.1 Å². The maximum absolute atomic E-state index is 12.4. The molecular weight excluding hydrogens is 360 g/mol. The van der Waals surface area contributed by atoms with E-state index in [1.807, 2.05) is 0 Å². The van der Waals surface area contributed by atoms with Crippen LogP contribution in [0.2, 0.25) is 0 Å². The van der Waals surface area contributed by atoms with Crippen molar-refractivity contribution in [2.24, 2.45) is 5.73 Å². The number of nitro benzene ring substituents is 1. The van der Waals surface area contributed by atoms with Crippen LogP contribution in [0.25, 0.3) is 0 Å². The van der Waals surface area contributed by atoms with Gasteiger partial charge in [-0.3, -0.25) is 14.9 Å². The van der Waals surface area contributed by atoms with Crippen LogP contribution >= 0.6 is 12.4 Å². The van der Waals surface area contributed by atoms with Crippen molar-refractivity contribution in [3.8, 4) is 0 Å². The smallest absolute Gasteiger partial charge is 0.270 e. The number of carbonyl (C=O) groups excluding carboxylic acids is 1. The van der Waals surface area contributed by atoms with Gasteiger partial charge in [0.05, 0.1) is 16.4 Å². The number of carbonyl (C=O) groups is 1. The van der Waals surface area contributed by atoms with Gasteiger partial charge in [-0.15, -0.1) is 12.4 Å². The second-order valence-electron chi connectivity index (χ2n) is 5.10. The number of non-ortho nitro benzene ring substituents is 1. The Hall–Kier alpha value is -1.75. The van der Waals surface area contributed by atoms with E-state index in [9.17, 15) is 23.3 Å². The Bertz CT molecular complexity index is 697. The second-order valence-corrected chi connectivity index (χ2v) is 7.15. The minimum atomic E-state index is -4.01. The van der Waals surface area contributed by atoms with Gasteiger partial charge >= 0.3 is 0 Å². The van der Waals surface area contributed by atoms with E-state index in [1.54, 1.807) is 6.92 Å². The second kappa shape index (κ2) is 8.92. The van der Waals surface area contributed by atoms with E-state index in [0.717, 1.165) is 10.4 Å². The molecule has 1 atom stereocenters. The molecule has 0 bridgehead atoms. The quantitative estimate of drug-likeness (QED) is 0.540. The molecule has 0 aliphatic rings. The van der Waals surface area contributed by atoms with E-state index >= 15 is 0 Å². The molecule has 0 aliphatic heterocycles. The van der Waals surface area contributed by atoms with Crippen LogP contribution in [-0.2, 0) is 14.8 Å². The number of hydrogen-bond donors (Lipinski definition) is 1. The molecule has 1 rings (SSSR count). The largest absolute Gasteiger partial charge is 0.341 e. The summed E-state index contributed by atoms with van der Waals surface area (Å²) >= 11 is 0. The fourth-order valence-electron chi connectivity index (χ4n) is 1.73. The summed E-state index contributed by atoms with van der Waals surface area (Å²) in [6.45, 7) is 1.61. The SMILES string of the molecule is CC(CN)N(C)C(=O)CN(C)S(=O)(=O)c1cccc([N+](=O)[O-])c1.Cl. The number of nitrogens with two attached hydrogens (primary N) is 1. The lowest BCUT2D eigenvalue weighted by Crippen LogP contribution is -2.45. The summed E-state index contributed by atoms with van der Waals surface area (Å²) < 4.78 is 25.7. The number of sulfonamides is 1. The molecule has 0 saturated heterocycles. The lowest BCUT2D eigenvalue weighted by molar-refractivity contribution is -0.385. The molecule has 0 fully saturated rings. The Morgan fingerprint density at radius 1 is 1.38 bits per heavy atom. The molecule has 9 nitrogen and oxygen atoms in total. The average molecular weight is 381 g/mol. The Morgan fingerprint density at radius 2 is 1.96 bits per heavy atom. The molecular formula is C13H21ClN4O5S. The van der Waals surface area contributed by atoms with Gasteiger partial charge < -0.3 is 10.6 Å². The summed E-state index contributed by atoms with van der Waals surface area (Å²) in [5.41, 5.74) is 5.14. The molecule has 24 heavy (non-hydrogen) atoms. The molecule has 1 unspecified atom stereocenters. The third-order valence-corrected chi connectivity index (χ3v) is 5.29. The van der Waals surface area contributed by atoms with Gasteiger partial charge in [-0.25, -0.2) is 8.42 Å². The Morgan fingerprint density at radius 3 is 2.46 bits per heavy atom. The summed E-state index contributed by atoms with van der Waals surface area (Å²) in [6.07, 6.45) is 0. The van der Waals surface area contributed by atoms with Crippen LogP contribution < -0.4 is 5.73 Å². The van der Waals surface area contributed by atoms with Gasteiger partial charge in [0, 0.05) is 38.8 Å². The van der Waals surface area contributed by atoms with Gasteiger partial charge in [-0.2, -0.15) is 4.31 Å². The molecule has 0 heterocycles. The van der Waals surface area contributed by atoms with Crippen LogP contribution in [-0.4, -0.2) is 61.7 Å². The van der Waals surface area contributed by atoms with Gasteiger partial charge in [0.2, 0.25) is 15.9 Å². The Balaban J connectivity index is 0.00000529. The molecule has 136 valence electrons. The number of likely N-dealkylation sites (N-methyl/N-ethyl adjacent to an activating group) is 2. The number of nitrogens with zero attached hydrogens (tertiary/aromatic N) is 3. The lowest BCUT2D eigenvalue weighted by Gasteiger charge is -2.26. The maximum atomic E-state index is 12.4. The highest BCUT2D eigenvalue weighted by molar-refractivity contribution is 7.89. The minimum Gasteiger partial charge on any atom is -0.341 e. The summed E-state index contributed by atoms with van der Waals surface area (Å²) in [5, 5.41) is 10.7. The molecule has 1 amide bonds. The zero-order valence-corrected chi connectivity index (χ0v) is 15.2. The first kappa shape index (κ1) is 22.2. The molecule has 11 heteroatoms. The van der Waals surface area contributed by atoms with E-state index in [0.29, 0.717) is 0 Å². The predicted molar refractivity (Wildman–Crippen MR) is 91.4 cm³/mol. The van der Waals surface area contributed by atoms with Crippen LogP contribution in [0.4, 0.5) is 5.69 Å². The van der Waals surface area contributed by atoms with E-state index in [4.69, 9.17) is 5.73 Å². The number of nitro groups is 1. The van der Waals surface area contributed by atoms with Crippen LogP contribution in [0.5, 0.6) is 0 Å². The number of hydrogen-bond acceptors (Lipinski definition) is 6. The molecule has 0 radical (unpaired) electrons. The molecule has 0 spiro atoms. The first-order chi connectivity index (χ1) is 10.6. The van der Waals surface area contributed by atoms with Crippen molar-refractivity contribution in [1.82, 2.24) is 9.21 Å². The van der Waals surface area contributed by atoms with Crippen LogP contribution in [0.3, 0.4) is 0 Å². The normalized spacial score (nSPS) is 12.4. The highest BCUT2D eigenvalue weighted by Gasteiger charge is 2.26. The Labute approximate surface area is 147 Å². The number of benzene rings is 1. The van der Waals surface area contributed by atoms with Crippen molar-refractivity contribution in [3.05, 3.63) is 34.4 Å². The van der Waals surface area contributed by atoms with Crippen molar-refractivity contribution in [3.63, 3.8) is 0 Å². The van der Waals surface area contributed by atoms with Crippen molar-refractivity contribution in [2.45, 2.75) is 17.9 Å². The third kappa shape index (κ3) is 5.13. The molecule has 1 aromatic carbocycles. The zero-order chi connectivity index (χ0) is 17.8. The zero-order valence-electron chi connectivity index (χ0n) is 13.6. The highest BCUT2D eigenvalue weighted by atomic mass is 35.5. The summed E-state index contributed by atoms with van der Waals surface area (Å²) in [5.74, 6) is -0.417. The topological polar surface area (TPSA) is 127 Å². The number of rotatable bonds is 7. The van der Waals surface area contributed by atoms with Gasteiger partial charge in [-0.05, 0) is 13.0 Å².